The van der Waals surface area contributed by atoms with Gasteiger partial charge in [0.25, 0.3) is 0 Å². The van der Waals surface area contributed by atoms with Crippen LogP contribution in [-0.2, 0) is 17.6 Å². The van der Waals surface area contributed by atoms with Crippen molar-refractivity contribution in [2.45, 2.75) is 38.2 Å². The molecule has 1 fully saturated rings. The molecule has 1 aliphatic carbocycles. The Labute approximate surface area is 120 Å². The van der Waals surface area contributed by atoms with E-state index in [-0.39, 0.29) is 11.9 Å². The van der Waals surface area contributed by atoms with Crippen molar-refractivity contribution >= 4 is 5.78 Å². The lowest BCUT2D eigenvalue weighted by atomic mass is 10.0. The van der Waals surface area contributed by atoms with Gasteiger partial charge in [0.2, 0.25) is 0 Å². The van der Waals surface area contributed by atoms with Crippen molar-refractivity contribution in [1.82, 2.24) is 4.90 Å². The first kappa shape index (κ1) is 13.8. The van der Waals surface area contributed by atoms with Gasteiger partial charge in [0.1, 0.15) is 0 Å². The average molecular weight is 273 g/mol. The summed E-state index contributed by atoms with van der Waals surface area (Å²) in [5.74, 6) is 0.247. The highest BCUT2D eigenvalue weighted by Crippen LogP contribution is 2.23. The van der Waals surface area contributed by atoms with Crippen molar-refractivity contribution < 1.29 is 9.53 Å². The Hall–Kier alpha value is -1.19. The molecule has 1 aromatic rings. The van der Waals surface area contributed by atoms with Crippen molar-refractivity contribution in [3.05, 3.63) is 34.9 Å². The van der Waals surface area contributed by atoms with Crippen molar-refractivity contribution in [3.8, 4) is 0 Å². The van der Waals surface area contributed by atoms with E-state index < -0.39 is 0 Å². The average Bonchev–Trinajstić information content (AvgIpc) is 2.94. The van der Waals surface area contributed by atoms with E-state index in [1.54, 1.807) is 7.11 Å². The largest absolute Gasteiger partial charge is 0.380 e. The molecular weight excluding hydrogens is 250 g/mol. The van der Waals surface area contributed by atoms with Crippen LogP contribution in [-0.4, -0.2) is 43.5 Å². The Morgan fingerprint density at radius 2 is 2.15 bits per heavy atom. The van der Waals surface area contributed by atoms with Gasteiger partial charge in [0.15, 0.2) is 5.78 Å². The van der Waals surface area contributed by atoms with Crippen molar-refractivity contribution in [2.24, 2.45) is 0 Å². The van der Waals surface area contributed by atoms with Gasteiger partial charge in [0.05, 0.1) is 12.6 Å². The smallest absolute Gasteiger partial charge is 0.176 e. The summed E-state index contributed by atoms with van der Waals surface area (Å²) >= 11 is 0. The Balaban J connectivity index is 1.64. The Bertz CT molecular complexity index is 498. The van der Waals surface area contributed by atoms with Crippen molar-refractivity contribution in [3.63, 3.8) is 0 Å². The predicted octanol–water partition coefficient (Wildman–Crippen LogP) is 2.47. The summed E-state index contributed by atoms with van der Waals surface area (Å²) in [5, 5.41) is 0. The number of likely N-dealkylation sites (tertiary alicyclic amines) is 1. The maximum absolute atomic E-state index is 12.4. The molecular formula is C17H23NO2. The van der Waals surface area contributed by atoms with Crippen molar-refractivity contribution in [1.29, 1.82) is 0 Å². The molecule has 0 aromatic heterocycles. The SMILES string of the molecule is COC1CCCN(CC(=O)c2ccc3c(c2)CCC3)C1. The zero-order chi connectivity index (χ0) is 13.9. The molecule has 1 aromatic carbocycles. The first-order valence-corrected chi connectivity index (χ1v) is 7.66. The third-order valence-electron chi connectivity index (χ3n) is 4.58. The number of carbonyl (C=O) groups is 1. The molecule has 3 heteroatoms. The molecule has 108 valence electrons. The van der Waals surface area contributed by atoms with Crippen LogP contribution >= 0.6 is 0 Å². The molecule has 1 heterocycles. The van der Waals surface area contributed by atoms with Crippen LogP contribution in [0.25, 0.3) is 0 Å². The number of Topliss-reactive ketones (excluding diaryl/α,β-unsaturated/α-hetero) is 1. The van der Waals surface area contributed by atoms with Crippen LogP contribution in [0.15, 0.2) is 18.2 Å². The summed E-state index contributed by atoms with van der Waals surface area (Å²) < 4.78 is 5.42. The summed E-state index contributed by atoms with van der Waals surface area (Å²) in [4.78, 5) is 14.7. The summed E-state index contributed by atoms with van der Waals surface area (Å²) in [5.41, 5.74) is 3.69. The molecule has 3 nitrogen and oxygen atoms in total. The van der Waals surface area contributed by atoms with E-state index in [1.807, 2.05) is 6.07 Å². The number of rotatable bonds is 4. The molecule has 0 spiro atoms. The first-order chi connectivity index (χ1) is 9.76. The molecule has 0 bridgehead atoms. The number of aryl methyl sites for hydroxylation is 2. The van der Waals surface area contributed by atoms with Crippen LogP contribution in [0, 0.1) is 0 Å². The van der Waals surface area contributed by atoms with Gasteiger partial charge in [-0.15, -0.1) is 0 Å². The second-order valence-electron chi connectivity index (χ2n) is 6.00. The third kappa shape index (κ3) is 2.94. The maximum atomic E-state index is 12.4. The van der Waals surface area contributed by atoms with Crippen LogP contribution in [0.5, 0.6) is 0 Å². The van der Waals surface area contributed by atoms with Gasteiger partial charge in [-0.2, -0.15) is 0 Å². The Morgan fingerprint density at radius 1 is 1.30 bits per heavy atom. The van der Waals surface area contributed by atoms with Crippen LogP contribution < -0.4 is 0 Å². The molecule has 1 atom stereocenters. The maximum Gasteiger partial charge on any atom is 0.176 e. The number of carbonyl (C=O) groups excluding carboxylic acids is 1. The molecule has 0 radical (unpaired) electrons. The molecule has 0 N–H and O–H groups in total. The number of benzene rings is 1. The molecule has 0 saturated carbocycles. The van der Waals surface area contributed by atoms with E-state index in [1.165, 1.54) is 24.0 Å². The molecule has 20 heavy (non-hydrogen) atoms. The second kappa shape index (κ2) is 6.06. The fourth-order valence-electron chi connectivity index (χ4n) is 3.39. The lowest BCUT2D eigenvalue weighted by Crippen LogP contribution is -2.41. The number of piperidine rings is 1. The van der Waals surface area contributed by atoms with Crippen LogP contribution in [0.1, 0.15) is 40.7 Å². The monoisotopic (exact) mass is 273 g/mol. The summed E-state index contributed by atoms with van der Waals surface area (Å²) in [6.07, 6.45) is 6.05. The minimum atomic E-state index is 0.247. The predicted molar refractivity (Wildman–Crippen MR) is 79.3 cm³/mol. The normalized spacial score (nSPS) is 22.8. The highest BCUT2D eigenvalue weighted by atomic mass is 16.5. The Morgan fingerprint density at radius 3 is 3.00 bits per heavy atom. The first-order valence-electron chi connectivity index (χ1n) is 7.66. The lowest BCUT2D eigenvalue weighted by molar-refractivity contribution is 0.0314. The van der Waals surface area contributed by atoms with Crippen LogP contribution in [0.3, 0.4) is 0 Å². The summed E-state index contributed by atoms with van der Waals surface area (Å²) in [6.45, 7) is 2.42. The highest BCUT2D eigenvalue weighted by molar-refractivity contribution is 5.97. The Kier molecular flexibility index (Phi) is 4.18. The third-order valence-corrected chi connectivity index (χ3v) is 4.58. The van der Waals surface area contributed by atoms with Gasteiger partial charge in [-0.1, -0.05) is 12.1 Å². The van der Waals surface area contributed by atoms with Crippen LogP contribution in [0.2, 0.25) is 0 Å². The van der Waals surface area contributed by atoms with E-state index in [9.17, 15) is 4.79 Å². The van der Waals surface area contributed by atoms with E-state index in [0.717, 1.165) is 37.9 Å². The molecule has 0 amide bonds. The fourth-order valence-corrected chi connectivity index (χ4v) is 3.39. The van der Waals surface area contributed by atoms with Gasteiger partial charge in [0, 0.05) is 19.2 Å². The minimum Gasteiger partial charge on any atom is -0.380 e. The zero-order valence-corrected chi connectivity index (χ0v) is 12.2. The minimum absolute atomic E-state index is 0.247. The summed E-state index contributed by atoms with van der Waals surface area (Å²) in [7, 11) is 1.76. The zero-order valence-electron chi connectivity index (χ0n) is 12.2. The number of hydrogen-bond donors (Lipinski definition) is 0. The molecule has 3 rings (SSSR count). The molecule has 1 saturated heterocycles. The quantitative estimate of drug-likeness (QED) is 0.789. The number of hydrogen-bond acceptors (Lipinski definition) is 3. The number of fused-ring (bicyclic) bond motifs is 1. The molecule has 1 aliphatic heterocycles. The standard InChI is InChI=1S/C17H23NO2/c1-20-16-6-3-9-18(11-16)12-17(19)15-8-7-13-4-2-5-14(13)10-15/h7-8,10,16H,2-6,9,11-12H2,1H3. The van der Waals surface area contributed by atoms with Crippen molar-refractivity contribution in [2.75, 3.05) is 26.7 Å². The van der Waals surface area contributed by atoms with E-state index >= 15 is 0 Å². The van der Waals surface area contributed by atoms with Gasteiger partial charge < -0.3 is 4.74 Å². The second-order valence-corrected chi connectivity index (χ2v) is 6.00. The van der Waals surface area contributed by atoms with Gasteiger partial charge in [-0.3, -0.25) is 9.69 Å². The summed E-state index contributed by atoms with van der Waals surface area (Å²) in [6, 6.07) is 6.26. The number of nitrogens with zero attached hydrogens (tertiary/aromatic N) is 1. The molecule has 1 unspecified atom stereocenters. The highest BCUT2D eigenvalue weighted by Gasteiger charge is 2.22. The number of ketones is 1. The van der Waals surface area contributed by atoms with Gasteiger partial charge in [-0.05, 0) is 55.8 Å². The van der Waals surface area contributed by atoms with E-state index in [0.29, 0.717) is 6.54 Å². The van der Waals surface area contributed by atoms with E-state index in [2.05, 4.69) is 17.0 Å². The fraction of sp³-hybridized carbons (Fsp3) is 0.588. The van der Waals surface area contributed by atoms with Gasteiger partial charge >= 0.3 is 0 Å². The van der Waals surface area contributed by atoms with Gasteiger partial charge in [-0.25, -0.2) is 0 Å². The topological polar surface area (TPSA) is 29.5 Å². The number of methoxy groups -OCH3 is 1. The van der Waals surface area contributed by atoms with E-state index in [4.69, 9.17) is 4.74 Å². The molecule has 2 aliphatic rings. The number of ether oxygens (including phenoxy) is 1. The lowest BCUT2D eigenvalue weighted by Gasteiger charge is -2.31. The van der Waals surface area contributed by atoms with Crippen LogP contribution in [0.4, 0.5) is 0 Å².